The van der Waals surface area contributed by atoms with Gasteiger partial charge in [-0.2, -0.15) is 0 Å². The number of methoxy groups -OCH3 is 3. The number of benzene rings is 1. The van der Waals surface area contributed by atoms with Crippen molar-refractivity contribution >= 4 is 28.9 Å². The third-order valence-corrected chi connectivity index (χ3v) is 4.01. The van der Waals surface area contributed by atoms with Gasteiger partial charge < -0.3 is 25.3 Å². The molecule has 1 aromatic carbocycles. The summed E-state index contributed by atoms with van der Waals surface area (Å²) in [4.78, 5) is 28.4. The zero-order valence-corrected chi connectivity index (χ0v) is 14.2. The molecule has 2 aromatic rings. The van der Waals surface area contributed by atoms with E-state index >= 15 is 0 Å². The Morgan fingerprint density at radius 1 is 1.21 bits per heavy atom. The van der Waals surface area contributed by atoms with Gasteiger partial charge >= 0.3 is 5.97 Å². The summed E-state index contributed by atoms with van der Waals surface area (Å²) in [6.07, 6.45) is 0. The van der Waals surface area contributed by atoms with Gasteiger partial charge in [-0.15, -0.1) is 11.3 Å². The highest BCUT2D eigenvalue weighted by molar-refractivity contribution is 7.09. The molecule has 0 aliphatic heterocycles. The molecule has 24 heavy (non-hydrogen) atoms. The van der Waals surface area contributed by atoms with Gasteiger partial charge in [0.05, 0.1) is 32.6 Å². The number of nitrogens with one attached hydrogen (secondary N) is 1. The molecule has 8 nitrogen and oxygen atoms in total. The predicted molar refractivity (Wildman–Crippen MR) is 88.8 cm³/mol. The number of aromatic nitrogens is 1. The molecule has 0 aliphatic rings. The van der Waals surface area contributed by atoms with Gasteiger partial charge in [0.25, 0.3) is 5.91 Å². The van der Waals surface area contributed by atoms with Crippen molar-refractivity contribution in [1.82, 2.24) is 4.98 Å². The minimum atomic E-state index is -0.618. The molecule has 0 fully saturated rings. The van der Waals surface area contributed by atoms with Crippen molar-refractivity contribution in [2.75, 3.05) is 26.6 Å². The maximum atomic E-state index is 12.3. The number of thiazole rings is 1. The molecule has 1 heterocycles. The van der Waals surface area contributed by atoms with Gasteiger partial charge in [-0.25, -0.2) is 9.78 Å². The Kier molecular flexibility index (Phi) is 5.72. The fraction of sp³-hybridized carbons (Fsp3) is 0.267. The highest BCUT2D eigenvalue weighted by atomic mass is 32.1. The summed E-state index contributed by atoms with van der Waals surface area (Å²) in [5.74, 6) is -0.383. The Labute approximate surface area is 142 Å². The topological polar surface area (TPSA) is 113 Å². The predicted octanol–water partition coefficient (Wildman–Crippen LogP) is 1.66. The van der Waals surface area contributed by atoms with E-state index in [1.165, 1.54) is 44.8 Å². The van der Waals surface area contributed by atoms with Crippen LogP contribution >= 0.6 is 11.3 Å². The van der Waals surface area contributed by atoms with Gasteiger partial charge in [0.15, 0.2) is 11.5 Å². The maximum absolute atomic E-state index is 12.3. The van der Waals surface area contributed by atoms with E-state index in [-0.39, 0.29) is 23.5 Å². The number of amides is 1. The Morgan fingerprint density at radius 3 is 2.42 bits per heavy atom. The quantitative estimate of drug-likeness (QED) is 0.761. The number of nitrogens with zero attached hydrogens (tertiary/aromatic N) is 1. The lowest BCUT2D eigenvalue weighted by Crippen LogP contribution is -2.16. The second-order valence-electron chi connectivity index (χ2n) is 4.53. The number of hydrogen-bond donors (Lipinski definition) is 2. The summed E-state index contributed by atoms with van der Waals surface area (Å²) in [6, 6.07) is 2.92. The first-order chi connectivity index (χ1) is 11.5. The lowest BCUT2D eigenvalue weighted by atomic mass is 10.1. The molecule has 0 spiro atoms. The number of anilines is 1. The number of esters is 1. The highest BCUT2D eigenvalue weighted by Gasteiger charge is 2.20. The lowest BCUT2D eigenvalue weighted by Gasteiger charge is -2.14. The van der Waals surface area contributed by atoms with Crippen LogP contribution in [0.3, 0.4) is 0 Å². The van der Waals surface area contributed by atoms with Crippen molar-refractivity contribution in [3.63, 3.8) is 0 Å². The van der Waals surface area contributed by atoms with Gasteiger partial charge in [0.2, 0.25) is 0 Å². The minimum absolute atomic E-state index is 0.137. The Hall–Kier alpha value is -2.65. The third-order valence-electron chi connectivity index (χ3n) is 3.14. The normalized spacial score (nSPS) is 10.2. The standard InChI is InChI=1S/C15H17N3O5S/c1-21-11-4-8(15(20)23-3)9(5-12(11)22-2)18-14(19)10-7-24-13(6-16)17-10/h4-5,7H,6,16H2,1-3H3,(H,18,19). The molecule has 9 heteroatoms. The first-order valence-electron chi connectivity index (χ1n) is 6.84. The van der Waals surface area contributed by atoms with Crippen molar-refractivity contribution in [3.8, 4) is 11.5 Å². The van der Waals surface area contributed by atoms with Crippen LogP contribution < -0.4 is 20.5 Å². The van der Waals surface area contributed by atoms with Crippen LogP contribution in [0.2, 0.25) is 0 Å². The first-order valence-corrected chi connectivity index (χ1v) is 7.72. The van der Waals surface area contributed by atoms with Crippen LogP contribution in [0.1, 0.15) is 25.9 Å². The van der Waals surface area contributed by atoms with Crippen molar-refractivity contribution < 1.29 is 23.8 Å². The summed E-state index contributed by atoms with van der Waals surface area (Å²) in [6.45, 7) is 0.252. The van der Waals surface area contributed by atoms with Crippen LogP contribution in [0.5, 0.6) is 11.5 Å². The van der Waals surface area contributed by atoms with Gasteiger partial charge in [-0.3, -0.25) is 4.79 Å². The Morgan fingerprint density at radius 2 is 1.88 bits per heavy atom. The molecule has 0 aliphatic carbocycles. The van der Waals surface area contributed by atoms with Gasteiger partial charge in [-0.05, 0) is 0 Å². The van der Waals surface area contributed by atoms with Gasteiger partial charge in [0, 0.05) is 24.1 Å². The molecule has 1 aromatic heterocycles. The fourth-order valence-electron chi connectivity index (χ4n) is 1.96. The van der Waals surface area contributed by atoms with E-state index in [4.69, 9.17) is 19.9 Å². The number of rotatable bonds is 6. The minimum Gasteiger partial charge on any atom is -0.493 e. The summed E-state index contributed by atoms with van der Waals surface area (Å²) in [5, 5.41) is 4.87. The zero-order chi connectivity index (χ0) is 17.7. The van der Waals surface area contributed by atoms with Crippen molar-refractivity contribution in [3.05, 3.63) is 33.8 Å². The summed E-state index contributed by atoms with van der Waals surface area (Å²) < 4.78 is 15.1. The van der Waals surface area contributed by atoms with E-state index in [2.05, 4.69) is 10.3 Å². The largest absolute Gasteiger partial charge is 0.493 e. The SMILES string of the molecule is COC(=O)c1cc(OC)c(OC)cc1NC(=O)c1csc(CN)n1. The van der Waals surface area contributed by atoms with E-state index in [9.17, 15) is 9.59 Å². The second kappa shape index (κ2) is 7.75. The number of carbonyl (C=O) groups is 2. The van der Waals surface area contributed by atoms with Crippen molar-refractivity contribution in [2.24, 2.45) is 5.73 Å². The van der Waals surface area contributed by atoms with Gasteiger partial charge in [0.1, 0.15) is 10.7 Å². The zero-order valence-electron chi connectivity index (χ0n) is 13.4. The smallest absolute Gasteiger partial charge is 0.340 e. The summed E-state index contributed by atoms with van der Waals surface area (Å²) >= 11 is 1.28. The molecule has 128 valence electrons. The molecule has 0 atom stereocenters. The molecule has 1 amide bonds. The van der Waals surface area contributed by atoms with E-state index < -0.39 is 11.9 Å². The number of ether oxygens (including phenoxy) is 3. The number of carbonyl (C=O) groups excluding carboxylic acids is 2. The molecule has 0 radical (unpaired) electrons. The molecule has 3 N–H and O–H groups in total. The van der Waals surface area contributed by atoms with Crippen LogP contribution in [0.25, 0.3) is 0 Å². The summed E-state index contributed by atoms with van der Waals surface area (Å²) in [7, 11) is 4.15. The van der Waals surface area contributed by atoms with E-state index in [1.807, 2.05) is 0 Å². The van der Waals surface area contributed by atoms with Crippen LogP contribution in [-0.4, -0.2) is 38.2 Å². The molecule has 2 rings (SSSR count). The lowest BCUT2D eigenvalue weighted by molar-refractivity contribution is 0.0601. The first kappa shape index (κ1) is 17.7. The molecular formula is C15H17N3O5S. The fourth-order valence-corrected chi connectivity index (χ4v) is 2.61. The monoisotopic (exact) mass is 351 g/mol. The van der Waals surface area contributed by atoms with Crippen LogP contribution in [0, 0.1) is 0 Å². The molecular weight excluding hydrogens is 334 g/mol. The number of nitrogens with two attached hydrogens (primary N) is 1. The van der Waals surface area contributed by atoms with Crippen molar-refractivity contribution in [1.29, 1.82) is 0 Å². The van der Waals surface area contributed by atoms with E-state index in [0.29, 0.717) is 16.5 Å². The average molecular weight is 351 g/mol. The van der Waals surface area contributed by atoms with E-state index in [0.717, 1.165) is 0 Å². The molecule has 0 unspecified atom stereocenters. The average Bonchev–Trinajstić information content (AvgIpc) is 3.09. The molecule has 0 saturated heterocycles. The van der Waals surface area contributed by atoms with Crippen LogP contribution in [0.4, 0.5) is 5.69 Å². The number of hydrogen-bond acceptors (Lipinski definition) is 8. The third kappa shape index (κ3) is 3.63. The van der Waals surface area contributed by atoms with Crippen LogP contribution in [0.15, 0.2) is 17.5 Å². The Bertz CT molecular complexity index is 760. The highest BCUT2D eigenvalue weighted by Crippen LogP contribution is 2.34. The van der Waals surface area contributed by atoms with Gasteiger partial charge in [-0.1, -0.05) is 0 Å². The second-order valence-corrected chi connectivity index (χ2v) is 5.47. The summed E-state index contributed by atoms with van der Waals surface area (Å²) in [5.41, 5.74) is 6.07. The van der Waals surface area contributed by atoms with Crippen LogP contribution in [-0.2, 0) is 11.3 Å². The Balaban J connectivity index is 2.39. The molecule has 0 bridgehead atoms. The van der Waals surface area contributed by atoms with Crippen molar-refractivity contribution in [2.45, 2.75) is 6.54 Å². The maximum Gasteiger partial charge on any atom is 0.340 e. The molecule has 0 saturated carbocycles. The van der Waals surface area contributed by atoms with E-state index in [1.54, 1.807) is 5.38 Å².